The number of aliphatic imine (C=N–C) groups is 1. The molecule has 1 aliphatic heterocycles. The highest BCUT2D eigenvalue weighted by Crippen LogP contribution is 2.37. The molecule has 1 atom stereocenters. The number of carbonyl (C=O) groups excluding carboxylic acids is 2. The van der Waals surface area contributed by atoms with E-state index in [2.05, 4.69) is 21.9 Å². The molecule has 1 aromatic heterocycles. The van der Waals surface area contributed by atoms with Crippen molar-refractivity contribution in [1.82, 2.24) is 9.88 Å². The summed E-state index contributed by atoms with van der Waals surface area (Å²) in [7, 11) is 0. The van der Waals surface area contributed by atoms with Crippen LogP contribution in [0.1, 0.15) is 12.0 Å². The summed E-state index contributed by atoms with van der Waals surface area (Å²) in [5.41, 5.74) is -1.49. The Morgan fingerprint density at radius 2 is 2.20 bits per heavy atom. The van der Waals surface area contributed by atoms with Gasteiger partial charge in [-0.15, -0.1) is 17.9 Å². The van der Waals surface area contributed by atoms with Crippen LogP contribution in [0.5, 0.6) is 0 Å². The molecule has 2 heterocycles. The third-order valence-corrected chi connectivity index (χ3v) is 5.95. The number of amides is 2. The molecular weight excluding hydrogens is 461 g/mol. The Bertz CT molecular complexity index is 996. The average molecular weight is 475 g/mol. The van der Waals surface area contributed by atoms with Crippen molar-refractivity contribution in [2.45, 2.75) is 17.8 Å². The van der Waals surface area contributed by atoms with Crippen LogP contribution in [-0.4, -0.2) is 38.7 Å². The quantitative estimate of drug-likeness (QED) is 0.600. The van der Waals surface area contributed by atoms with Gasteiger partial charge in [0, 0.05) is 29.6 Å². The van der Waals surface area contributed by atoms with E-state index >= 15 is 0 Å². The summed E-state index contributed by atoms with van der Waals surface area (Å²) in [5.74, 6) is -1.11. The van der Waals surface area contributed by atoms with Crippen molar-refractivity contribution < 1.29 is 22.8 Å². The van der Waals surface area contributed by atoms with Gasteiger partial charge in [-0.1, -0.05) is 29.4 Å². The van der Waals surface area contributed by atoms with Crippen LogP contribution in [0.25, 0.3) is 0 Å². The van der Waals surface area contributed by atoms with E-state index in [1.54, 1.807) is 11.6 Å². The molecule has 0 aliphatic carbocycles. The van der Waals surface area contributed by atoms with E-state index in [4.69, 9.17) is 11.6 Å². The van der Waals surface area contributed by atoms with E-state index in [0.717, 1.165) is 23.9 Å². The lowest BCUT2D eigenvalue weighted by Crippen LogP contribution is -2.33. The minimum absolute atomic E-state index is 0.107. The van der Waals surface area contributed by atoms with Crippen LogP contribution >= 0.6 is 34.7 Å². The summed E-state index contributed by atoms with van der Waals surface area (Å²) < 4.78 is 39.6. The van der Waals surface area contributed by atoms with E-state index in [0.29, 0.717) is 10.3 Å². The zero-order valence-corrected chi connectivity index (χ0v) is 17.5. The highest BCUT2D eigenvalue weighted by molar-refractivity contribution is 8.15. The monoisotopic (exact) mass is 474 g/mol. The molecular formula is C18H14ClF3N4O2S2. The second-order valence-electron chi connectivity index (χ2n) is 5.99. The minimum Gasteiger partial charge on any atom is -0.325 e. The number of anilines is 1. The van der Waals surface area contributed by atoms with Gasteiger partial charge in [-0.25, -0.2) is 4.98 Å². The number of nitrogens with zero attached hydrogens (tertiary/aromatic N) is 3. The first-order valence-corrected chi connectivity index (χ1v) is 10.6. The van der Waals surface area contributed by atoms with Crippen molar-refractivity contribution in [2.24, 2.45) is 4.99 Å². The maximum Gasteiger partial charge on any atom is 0.418 e. The zero-order valence-electron chi connectivity index (χ0n) is 15.1. The number of alkyl halides is 3. The maximum atomic E-state index is 13.2. The number of halogens is 4. The fraction of sp³-hybridized carbons (Fsp3) is 0.222. The highest BCUT2D eigenvalue weighted by atomic mass is 35.5. The molecule has 2 aromatic rings. The smallest absolute Gasteiger partial charge is 0.325 e. The summed E-state index contributed by atoms with van der Waals surface area (Å²) in [6.07, 6.45) is -1.94. The van der Waals surface area contributed by atoms with Gasteiger partial charge in [-0.05, 0) is 18.2 Å². The third-order valence-electron chi connectivity index (χ3n) is 3.87. The average Bonchev–Trinajstić information content (AvgIpc) is 3.27. The molecule has 6 nitrogen and oxygen atoms in total. The third kappa shape index (κ3) is 5.21. The number of benzene rings is 1. The van der Waals surface area contributed by atoms with Crippen LogP contribution in [0.2, 0.25) is 5.02 Å². The fourth-order valence-electron chi connectivity index (χ4n) is 2.60. The van der Waals surface area contributed by atoms with Crippen molar-refractivity contribution >= 4 is 62.5 Å². The van der Waals surface area contributed by atoms with E-state index in [1.807, 2.05) is 0 Å². The summed E-state index contributed by atoms with van der Waals surface area (Å²) in [5, 5.41) is 3.82. The Hall–Kier alpha value is -2.37. The van der Waals surface area contributed by atoms with Crippen LogP contribution in [-0.2, 0) is 15.8 Å². The normalized spacial score (nSPS) is 18.1. The molecule has 1 aliphatic rings. The standard InChI is InChI=1S/C18H14ClF3N4O2S2/c1-2-6-26-15(28)13(30-17(26)25-16-23-5-7-29-16)9-14(27)24-12-4-3-10(19)8-11(12)18(20,21)22/h2-5,7-8,13H,1,6,9H2,(H,24,27)/b25-17-. The molecule has 2 amide bonds. The van der Waals surface area contributed by atoms with Crippen LogP contribution < -0.4 is 5.32 Å². The first-order valence-electron chi connectivity index (χ1n) is 8.42. The molecule has 0 saturated carbocycles. The van der Waals surface area contributed by atoms with Gasteiger partial charge >= 0.3 is 6.18 Å². The topological polar surface area (TPSA) is 74.7 Å². The second-order valence-corrected chi connectivity index (χ2v) is 8.47. The molecule has 158 valence electrons. The molecule has 1 fully saturated rings. The fourth-order valence-corrected chi connectivity index (χ4v) is 4.49. The van der Waals surface area contributed by atoms with Gasteiger partial charge in [0.25, 0.3) is 0 Å². The summed E-state index contributed by atoms with van der Waals surface area (Å²) >= 11 is 7.98. The van der Waals surface area contributed by atoms with Crippen LogP contribution in [0.4, 0.5) is 24.0 Å². The lowest BCUT2D eigenvalue weighted by Gasteiger charge is -2.15. The molecule has 12 heteroatoms. The minimum atomic E-state index is -4.69. The van der Waals surface area contributed by atoms with Crippen molar-refractivity contribution in [3.05, 3.63) is 53.0 Å². The number of hydrogen-bond acceptors (Lipinski definition) is 6. The van der Waals surface area contributed by atoms with Crippen molar-refractivity contribution in [3.63, 3.8) is 0 Å². The molecule has 1 aromatic carbocycles. The molecule has 0 bridgehead atoms. The van der Waals surface area contributed by atoms with Gasteiger partial charge in [0.15, 0.2) is 5.17 Å². The Morgan fingerprint density at radius 1 is 1.43 bits per heavy atom. The first kappa shape index (κ1) is 22.3. The first-order chi connectivity index (χ1) is 14.2. The summed E-state index contributed by atoms with van der Waals surface area (Å²) in [4.78, 5) is 34.8. The van der Waals surface area contributed by atoms with Crippen LogP contribution in [0, 0.1) is 0 Å². The number of hydrogen-bond donors (Lipinski definition) is 1. The Labute approximate surface area is 182 Å². The van der Waals surface area contributed by atoms with Crippen molar-refractivity contribution in [3.8, 4) is 0 Å². The zero-order chi connectivity index (χ0) is 21.9. The van der Waals surface area contributed by atoms with E-state index in [-0.39, 0.29) is 23.9 Å². The molecule has 1 N–H and O–H groups in total. The number of thioether (sulfide) groups is 1. The predicted molar refractivity (Wildman–Crippen MR) is 112 cm³/mol. The van der Waals surface area contributed by atoms with E-state index < -0.39 is 28.6 Å². The number of nitrogens with one attached hydrogen (secondary N) is 1. The van der Waals surface area contributed by atoms with Gasteiger partial charge < -0.3 is 5.32 Å². The van der Waals surface area contributed by atoms with Gasteiger partial charge in [-0.3, -0.25) is 14.5 Å². The van der Waals surface area contributed by atoms with Crippen molar-refractivity contribution in [1.29, 1.82) is 0 Å². The second kappa shape index (κ2) is 9.19. The molecule has 0 radical (unpaired) electrons. The molecule has 1 saturated heterocycles. The molecule has 3 rings (SSSR count). The van der Waals surface area contributed by atoms with E-state index in [9.17, 15) is 22.8 Å². The van der Waals surface area contributed by atoms with Crippen LogP contribution in [0.3, 0.4) is 0 Å². The van der Waals surface area contributed by atoms with Gasteiger partial charge in [0.2, 0.25) is 16.9 Å². The summed E-state index contributed by atoms with van der Waals surface area (Å²) in [6, 6.07) is 3.05. The molecule has 1 unspecified atom stereocenters. The number of aromatic nitrogens is 1. The van der Waals surface area contributed by atoms with Crippen LogP contribution in [0.15, 0.2) is 47.4 Å². The lowest BCUT2D eigenvalue weighted by atomic mass is 10.1. The lowest BCUT2D eigenvalue weighted by molar-refractivity contribution is -0.137. The molecule has 30 heavy (non-hydrogen) atoms. The van der Waals surface area contributed by atoms with Gasteiger partial charge in [0.1, 0.15) is 5.25 Å². The van der Waals surface area contributed by atoms with E-state index in [1.165, 1.54) is 28.4 Å². The largest absolute Gasteiger partial charge is 0.418 e. The predicted octanol–water partition coefficient (Wildman–Crippen LogP) is 4.96. The number of carbonyl (C=O) groups is 2. The Balaban J connectivity index is 1.76. The number of rotatable bonds is 6. The summed E-state index contributed by atoms with van der Waals surface area (Å²) in [6.45, 7) is 3.79. The van der Waals surface area contributed by atoms with Crippen molar-refractivity contribution in [2.75, 3.05) is 11.9 Å². The highest BCUT2D eigenvalue weighted by Gasteiger charge is 2.39. The number of amidine groups is 1. The van der Waals surface area contributed by atoms with Gasteiger partial charge in [0.05, 0.1) is 11.3 Å². The Morgan fingerprint density at radius 3 is 2.83 bits per heavy atom. The Kier molecular flexibility index (Phi) is 6.84. The maximum absolute atomic E-state index is 13.2. The SMILES string of the molecule is C=CCN1C(=O)C(CC(=O)Nc2ccc(Cl)cc2C(F)(F)F)S/C1=N\c1nccs1. The van der Waals surface area contributed by atoms with Gasteiger partial charge in [-0.2, -0.15) is 18.2 Å². The number of thiazole rings is 1. The molecule has 0 spiro atoms.